The zero-order valence-corrected chi connectivity index (χ0v) is 12.7. The molecule has 0 fully saturated rings. The van der Waals surface area contributed by atoms with Crippen molar-refractivity contribution in [1.82, 2.24) is 0 Å². The van der Waals surface area contributed by atoms with Crippen LogP contribution in [-0.2, 0) is 14.3 Å². The van der Waals surface area contributed by atoms with Gasteiger partial charge in [-0.2, -0.15) is 0 Å². The van der Waals surface area contributed by atoms with E-state index in [0.717, 1.165) is 0 Å². The molecule has 0 spiro atoms. The molecule has 0 radical (unpaired) electrons. The summed E-state index contributed by atoms with van der Waals surface area (Å²) >= 11 is 0. The fourth-order valence-corrected chi connectivity index (χ4v) is 1.79. The highest BCUT2D eigenvalue weighted by molar-refractivity contribution is 5.93. The second-order valence-electron chi connectivity index (χ2n) is 5.56. The van der Waals surface area contributed by atoms with Crippen molar-refractivity contribution >= 4 is 11.9 Å². The Kier molecular flexibility index (Phi) is 5.31. The quantitative estimate of drug-likeness (QED) is 0.793. The van der Waals surface area contributed by atoms with Crippen molar-refractivity contribution in [2.45, 2.75) is 46.1 Å². The molecule has 0 aliphatic heterocycles. The summed E-state index contributed by atoms with van der Waals surface area (Å²) in [6.07, 6.45) is 0. The summed E-state index contributed by atoms with van der Waals surface area (Å²) < 4.78 is 10.4. The zero-order valence-electron chi connectivity index (χ0n) is 12.7. The highest BCUT2D eigenvalue weighted by atomic mass is 16.6. The molecule has 0 aromatic heterocycles. The van der Waals surface area contributed by atoms with E-state index in [9.17, 15) is 9.59 Å². The van der Waals surface area contributed by atoms with Crippen LogP contribution < -0.4 is 0 Å². The van der Waals surface area contributed by atoms with E-state index in [4.69, 9.17) is 9.47 Å². The number of ether oxygens (including phenoxy) is 2. The maximum atomic E-state index is 12.2. The summed E-state index contributed by atoms with van der Waals surface area (Å²) in [5.74, 6) is -1.27. The minimum Gasteiger partial charge on any atom is -0.466 e. The average molecular weight is 278 g/mol. The SMILES string of the molecule is CCOC(=O)C(C)c1ccccc1C(=O)OC(C)(C)C. The largest absolute Gasteiger partial charge is 0.466 e. The molecule has 0 bridgehead atoms. The highest BCUT2D eigenvalue weighted by Gasteiger charge is 2.25. The molecule has 1 aromatic carbocycles. The van der Waals surface area contributed by atoms with Crippen LogP contribution >= 0.6 is 0 Å². The normalized spacial score (nSPS) is 12.7. The van der Waals surface area contributed by atoms with Crippen LogP contribution in [-0.4, -0.2) is 24.1 Å². The highest BCUT2D eigenvalue weighted by Crippen LogP contribution is 2.23. The Labute approximate surface area is 120 Å². The molecule has 0 saturated carbocycles. The van der Waals surface area contributed by atoms with Gasteiger partial charge in [0.05, 0.1) is 18.1 Å². The summed E-state index contributed by atoms with van der Waals surface area (Å²) in [4.78, 5) is 24.0. The van der Waals surface area contributed by atoms with Crippen LogP contribution in [0.25, 0.3) is 0 Å². The van der Waals surface area contributed by atoms with Gasteiger partial charge in [0, 0.05) is 0 Å². The molecule has 0 heterocycles. The summed E-state index contributed by atoms with van der Waals surface area (Å²) in [6, 6.07) is 6.96. The van der Waals surface area contributed by atoms with Crippen molar-refractivity contribution in [1.29, 1.82) is 0 Å². The predicted molar refractivity (Wildman–Crippen MR) is 76.7 cm³/mol. The van der Waals surface area contributed by atoms with E-state index in [2.05, 4.69) is 0 Å². The molecular weight excluding hydrogens is 256 g/mol. The molecule has 1 aromatic rings. The lowest BCUT2D eigenvalue weighted by molar-refractivity contribution is -0.144. The molecule has 0 aliphatic rings. The predicted octanol–water partition coefficient (Wildman–Crippen LogP) is 3.31. The topological polar surface area (TPSA) is 52.6 Å². The van der Waals surface area contributed by atoms with Gasteiger partial charge in [0.25, 0.3) is 0 Å². The first-order valence-electron chi connectivity index (χ1n) is 6.75. The molecule has 1 atom stereocenters. The van der Waals surface area contributed by atoms with Crippen molar-refractivity contribution in [2.75, 3.05) is 6.61 Å². The fraction of sp³-hybridized carbons (Fsp3) is 0.500. The number of rotatable bonds is 4. The minimum atomic E-state index is -0.572. The van der Waals surface area contributed by atoms with E-state index in [1.807, 2.05) is 20.8 Å². The number of hydrogen-bond acceptors (Lipinski definition) is 4. The summed E-state index contributed by atoms with van der Waals surface area (Å²) in [5.41, 5.74) is 0.459. The molecule has 0 amide bonds. The van der Waals surface area contributed by atoms with Crippen LogP contribution in [0.15, 0.2) is 24.3 Å². The van der Waals surface area contributed by atoms with Gasteiger partial charge in [-0.25, -0.2) is 4.79 Å². The van der Waals surface area contributed by atoms with Gasteiger partial charge < -0.3 is 9.47 Å². The third kappa shape index (κ3) is 4.37. The van der Waals surface area contributed by atoms with Crippen LogP contribution in [0, 0.1) is 0 Å². The number of hydrogen-bond donors (Lipinski definition) is 0. The molecular formula is C16H22O4. The van der Waals surface area contributed by atoms with Crippen molar-refractivity contribution in [3.63, 3.8) is 0 Å². The van der Waals surface area contributed by atoms with Crippen LogP contribution in [0.3, 0.4) is 0 Å². The maximum absolute atomic E-state index is 12.2. The number of carbonyl (C=O) groups excluding carboxylic acids is 2. The number of esters is 2. The van der Waals surface area contributed by atoms with Crippen molar-refractivity contribution in [3.05, 3.63) is 35.4 Å². The van der Waals surface area contributed by atoms with Gasteiger partial charge in [-0.1, -0.05) is 18.2 Å². The van der Waals surface area contributed by atoms with Crippen LogP contribution in [0.4, 0.5) is 0 Å². The average Bonchev–Trinajstić information content (AvgIpc) is 2.36. The Morgan fingerprint density at radius 3 is 2.35 bits per heavy atom. The molecule has 1 rings (SSSR count). The van der Waals surface area contributed by atoms with Crippen LogP contribution in [0.2, 0.25) is 0 Å². The third-order valence-corrected chi connectivity index (χ3v) is 2.69. The van der Waals surface area contributed by atoms with Gasteiger partial charge in [0.2, 0.25) is 0 Å². The molecule has 4 heteroatoms. The van der Waals surface area contributed by atoms with E-state index < -0.39 is 17.5 Å². The summed E-state index contributed by atoms with van der Waals surface area (Å²) in [6.45, 7) is 9.22. The number of benzene rings is 1. The Morgan fingerprint density at radius 2 is 1.80 bits per heavy atom. The van der Waals surface area contributed by atoms with Crippen molar-refractivity contribution in [3.8, 4) is 0 Å². The van der Waals surface area contributed by atoms with Gasteiger partial charge in [0.15, 0.2) is 0 Å². The molecule has 0 aliphatic carbocycles. The van der Waals surface area contributed by atoms with E-state index in [1.54, 1.807) is 38.1 Å². The Balaban J connectivity index is 3.05. The Morgan fingerprint density at radius 1 is 1.20 bits per heavy atom. The first-order chi connectivity index (χ1) is 9.26. The van der Waals surface area contributed by atoms with E-state index in [0.29, 0.717) is 17.7 Å². The lowest BCUT2D eigenvalue weighted by atomic mass is 9.95. The van der Waals surface area contributed by atoms with Gasteiger partial charge in [-0.3, -0.25) is 4.79 Å². The van der Waals surface area contributed by atoms with Gasteiger partial charge in [-0.05, 0) is 46.2 Å². The molecule has 110 valence electrons. The first-order valence-corrected chi connectivity index (χ1v) is 6.75. The third-order valence-electron chi connectivity index (χ3n) is 2.69. The lowest BCUT2D eigenvalue weighted by Gasteiger charge is -2.21. The lowest BCUT2D eigenvalue weighted by Crippen LogP contribution is -2.25. The maximum Gasteiger partial charge on any atom is 0.338 e. The molecule has 0 N–H and O–H groups in total. The van der Waals surface area contributed by atoms with Gasteiger partial charge in [0.1, 0.15) is 5.60 Å². The molecule has 20 heavy (non-hydrogen) atoms. The fourth-order valence-electron chi connectivity index (χ4n) is 1.79. The second-order valence-corrected chi connectivity index (χ2v) is 5.56. The summed E-state index contributed by atoms with van der Waals surface area (Å²) in [5, 5.41) is 0. The van der Waals surface area contributed by atoms with Gasteiger partial charge in [-0.15, -0.1) is 0 Å². The molecule has 1 unspecified atom stereocenters. The molecule has 4 nitrogen and oxygen atoms in total. The first kappa shape index (κ1) is 16.2. The zero-order chi connectivity index (χ0) is 15.3. The Hall–Kier alpha value is -1.84. The summed E-state index contributed by atoms with van der Waals surface area (Å²) in [7, 11) is 0. The monoisotopic (exact) mass is 278 g/mol. The van der Waals surface area contributed by atoms with E-state index in [-0.39, 0.29) is 5.97 Å². The van der Waals surface area contributed by atoms with Crippen molar-refractivity contribution in [2.24, 2.45) is 0 Å². The minimum absolute atomic E-state index is 0.317. The van der Waals surface area contributed by atoms with Crippen LogP contribution in [0.5, 0.6) is 0 Å². The Bertz CT molecular complexity index is 485. The smallest absolute Gasteiger partial charge is 0.338 e. The number of carbonyl (C=O) groups is 2. The van der Waals surface area contributed by atoms with Gasteiger partial charge >= 0.3 is 11.9 Å². The van der Waals surface area contributed by atoms with E-state index in [1.165, 1.54) is 0 Å². The van der Waals surface area contributed by atoms with E-state index >= 15 is 0 Å². The second kappa shape index (κ2) is 6.55. The molecule has 0 saturated heterocycles. The van der Waals surface area contributed by atoms with Crippen molar-refractivity contribution < 1.29 is 19.1 Å². The van der Waals surface area contributed by atoms with Crippen LogP contribution in [0.1, 0.15) is 56.5 Å². The standard InChI is InChI=1S/C16H22O4/c1-6-19-14(17)11(2)12-9-7-8-10-13(12)15(18)20-16(3,4)5/h7-11H,6H2,1-5H3.